The molecule has 23 heavy (non-hydrogen) atoms. The maximum atomic E-state index is 8.50. The highest BCUT2D eigenvalue weighted by Gasteiger charge is 2.13. The molecule has 0 aliphatic carbocycles. The number of hydrogen-bond donors (Lipinski definition) is 2. The molecule has 0 aliphatic rings. The monoisotopic (exact) mass is 309 g/mol. The van der Waals surface area contributed by atoms with Crippen LogP contribution in [0.25, 0.3) is 0 Å². The first kappa shape index (κ1) is 17.1. The first-order valence-corrected chi connectivity index (χ1v) is 8.37. The second kappa shape index (κ2) is 7.82. The summed E-state index contributed by atoms with van der Waals surface area (Å²) in [7, 11) is 0. The van der Waals surface area contributed by atoms with Gasteiger partial charge in [0.15, 0.2) is 5.96 Å². The highest BCUT2D eigenvalue weighted by Crippen LogP contribution is 2.25. The second-order valence-corrected chi connectivity index (χ2v) is 5.98. The number of rotatable bonds is 5. The van der Waals surface area contributed by atoms with Crippen molar-refractivity contribution in [2.45, 2.75) is 40.0 Å². The molecule has 3 nitrogen and oxygen atoms in total. The van der Waals surface area contributed by atoms with Crippen molar-refractivity contribution in [3.05, 3.63) is 59.7 Å². The smallest absolute Gasteiger partial charge is 0.200 e. The Bertz CT molecular complexity index is 661. The average molecular weight is 309 g/mol. The molecular weight excluding hydrogens is 282 g/mol. The number of nitrogens with zero attached hydrogens (tertiary/aromatic N) is 1. The molecule has 0 amide bonds. The van der Waals surface area contributed by atoms with Crippen LogP contribution >= 0.6 is 0 Å². The van der Waals surface area contributed by atoms with E-state index >= 15 is 0 Å². The van der Waals surface area contributed by atoms with Crippen LogP contribution in [0.3, 0.4) is 0 Å². The lowest BCUT2D eigenvalue weighted by molar-refractivity contribution is 0.869. The lowest BCUT2D eigenvalue weighted by Gasteiger charge is -2.26. The molecule has 0 saturated heterocycles. The van der Waals surface area contributed by atoms with Crippen molar-refractivity contribution >= 4 is 17.3 Å². The first-order chi connectivity index (χ1) is 11.1. The maximum Gasteiger partial charge on any atom is 0.200 e. The number of anilines is 2. The minimum Gasteiger partial charge on any atom is -0.326 e. The van der Waals surface area contributed by atoms with Gasteiger partial charge in [0.2, 0.25) is 0 Å². The van der Waals surface area contributed by atoms with E-state index in [1.807, 2.05) is 23.1 Å². The quantitative estimate of drug-likeness (QED) is 0.585. The van der Waals surface area contributed by atoms with E-state index in [1.54, 1.807) is 0 Å². The molecule has 3 heteroatoms. The molecule has 2 aromatic rings. The van der Waals surface area contributed by atoms with Crippen LogP contribution in [0.4, 0.5) is 11.4 Å². The van der Waals surface area contributed by atoms with Gasteiger partial charge >= 0.3 is 0 Å². The van der Waals surface area contributed by atoms with Gasteiger partial charge in [0, 0.05) is 17.9 Å². The summed E-state index contributed by atoms with van der Waals surface area (Å²) in [5, 5.41) is 11.8. The minimum absolute atomic E-state index is 0.411. The predicted octanol–water partition coefficient (Wildman–Crippen LogP) is 5.25. The fraction of sp³-hybridized carbons (Fsp3) is 0.350. The molecule has 0 fully saturated rings. The Morgan fingerprint density at radius 1 is 1.09 bits per heavy atom. The van der Waals surface area contributed by atoms with Crippen LogP contribution in [0.15, 0.2) is 48.5 Å². The van der Waals surface area contributed by atoms with Crippen LogP contribution in [0.1, 0.15) is 44.7 Å². The van der Waals surface area contributed by atoms with E-state index < -0.39 is 0 Å². The molecule has 0 aliphatic heterocycles. The molecule has 2 N–H and O–H groups in total. The number of benzene rings is 2. The summed E-state index contributed by atoms with van der Waals surface area (Å²) in [6.07, 6.45) is 1.00. The maximum absolute atomic E-state index is 8.50. The third kappa shape index (κ3) is 4.13. The van der Waals surface area contributed by atoms with Gasteiger partial charge < -0.3 is 10.2 Å². The lowest BCUT2D eigenvalue weighted by Crippen LogP contribution is -2.35. The van der Waals surface area contributed by atoms with E-state index in [0.717, 1.165) is 24.3 Å². The SMILES string of the molecule is CCc1cccc(N(CC)C(=N)Nc2ccccc2C(C)C)c1. The van der Waals surface area contributed by atoms with Gasteiger partial charge in [-0.05, 0) is 48.6 Å². The van der Waals surface area contributed by atoms with E-state index in [1.165, 1.54) is 11.1 Å². The molecule has 0 saturated carbocycles. The van der Waals surface area contributed by atoms with Gasteiger partial charge in [-0.25, -0.2) is 0 Å². The summed E-state index contributed by atoms with van der Waals surface area (Å²) in [6.45, 7) is 9.32. The highest BCUT2D eigenvalue weighted by atomic mass is 15.3. The molecule has 0 bridgehead atoms. The van der Waals surface area contributed by atoms with Crippen molar-refractivity contribution in [3.8, 4) is 0 Å². The van der Waals surface area contributed by atoms with Crippen LogP contribution < -0.4 is 10.2 Å². The van der Waals surface area contributed by atoms with Gasteiger partial charge in [0.25, 0.3) is 0 Å². The van der Waals surface area contributed by atoms with Crippen molar-refractivity contribution < 1.29 is 0 Å². The van der Waals surface area contributed by atoms with Crippen molar-refractivity contribution in [3.63, 3.8) is 0 Å². The van der Waals surface area contributed by atoms with Crippen molar-refractivity contribution in [1.82, 2.24) is 0 Å². The van der Waals surface area contributed by atoms with E-state index in [9.17, 15) is 0 Å². The van der Waals surface area contributed by atoms with E-state index in [4.69, 9.17) is 5.41 Å². The van der Waals surface area contributed by atoms with Gasteiger partial charge in [0.05, 0.1) is 0 Å². The zero-order valence-corrected chi connectivity index (χ0v) is 14.6. The predicted molar refractivity (Wildman–Crippen MR) is 101 cm³/mol. The van der Waals surface area contributed by atoms with E-state index in [-0.39, 0.29) is 0 Å². The van der Waals surface area contributed by atoms with Gasteiger partial charge in [-0.2, -0.15) is 0 Å². The molecule has 0 aromatic heterocycles. The van der Waals surface area contributed by atoms with Crippen LogP contribution in [-0.2, 0) is 6.42 Å². The fourth-order valence-corrected chi connectivity index (χ4v) is 2.72. The second-order valence-electron chi connectivity index (χ2n) is 5.98. The molecule has 0 atom stereocenters. The Morgan fingerprint density at radius 2 is 1.83 bits per heavy atom. The topological polar surface area (TPSA) is 39.1 Å². The summed E-state index contributed by atoms with van der Waals surface area (Å²) in [5.74, 6) is 0.832. The Balaban J connectivity index is 2.24. The van der Waals surface area contributed by atoms with Crippen molar-refractivity contribution in [2.75, 3.05) is 16.8 Å². The molecule has 2 rings (SSSR count). The molecule has 122 valence electrons. The van der Waals surface area contributed by atoms with Crippen LogP contribution in [0.2, 0.25) is 0 Å². The molecule has 0 spiro atoms. The zero-order valence-electron chi connectivity index (χ0n) is 14.6. The summed E-state index contributed by atoms with van der Waals surface area (Å²) >= 11 is 0. The Morgan fingerprint density at radius 3 is 2.48 bits per heavy atom. The van der Waals surface area contributed by atoms with Gasteiger partial charge in [0.1, 0.15) is 0 Å². The van der Waals surface area contributed by atoms with Gasteiger partial charge in [-0.15, -0.1) is 0 Å². The van der Waals surface area contributed by atoms with Crippen LogP contribution in [0, 0.1) is 5.41 Å². The Hall–Kier alpha value is -2.29. The fourth-order valence-electron chi connectivity index (χ4n) is 2.72. The number of hydrogen-bond acceptors (Lipinski definition) is 1. The third-order valence-corrected chi connectivity index (χ3v) is 4.05. The molecule has 2 aromatic carbocycles. The summed E-state index contributed by atoms with van der Waals surface area (Å²) < 4.78 is 0. The van der Waals surface area contributed by atoms with Crippen molar-refractivity contribution in [2.24, 2.45) is 0 Å². The molecular formula is C20H27N3. The zero-order chi connectivity index (χ0) is 16.8. The number of aryl methyl sites for hydroxylation is 1. The van der Waals surface area contributed by atoms with Gasteiger partial charge in [-0.1, -0.05) is 51.1 Å². The Labute approximate surface area is 139 Å². The number of nitrogens with one attached hydrogen (secondary N) is 2. The average Bonchev–Trinajstić information content (AvgIpc) is 2.56. The summed E-state index contributed by atoms with van der Waals surface area (Å²) in [5.41, 5.74) is 4.59. The first-order valence-electron chi connectivity index (χ1n) is 8.37. The minimum atomic E-state index is 0.411. The largest absolute Gasteiger partial charge is 0.326 e. The lowest BCUT2D eigenvalue weighted by atomic mass is 10.0. The third-order valence-electron chi connectivity index (χ3n) is 4.05. The normalized spacial score (nSPS) is 10.7. The molecule has 0 unspecified atom stereocenters. The summed E-state index contributed by atoms with van der Waals surface area (Å²) in [6, 6.07) is 16.6. The molecule has 0 radical (unpaired) electrons. The Kier molecular flexibility index (Phi) is 5.80. The number of para-hydroxylation sites is 1. The highest BCUT2D eigenvalue weighted by molar-refractivity contribution is 6.03. The number of guanidine groups is 1. The van der Waals surface area contributed by atoms with E-state index in [2.05, 4.69) is 63.3 Å². The van der Waals surface area contributed by atoms with Crippen LogP contribution in [-0.4, -0.2) is 12.5 Å². The van der Waals surface area contributed by atoms with Crippen molar-refractivity contribution in [1.29, 1.82) is 5.41 Å². The standard InChI is InChI=1S/C20H27N3/c1-5-16-10-9-11-17(14-16)23(6-2)20(21)22-19-13-8-7-12-18(19)15(3)4/h7-15H,5-6H2,1-4H3,(H2,21,22). The van der Waals surface area contributed by atoms with Crippen LogP contribution in [0.5, 0.6) is 0 Å². The summed E-state index contributed by atoms with van der Waals surface area (Å²) in [4.78, 5) is 2.00. The molecule has 0 heterocycles. The van der Waals surface area contributed by atoms with E-state index in [0.29, 0.717) is 11.9 Å². The van der Waals surface area contributed by atoms with Gasteiger partial charge in [-0.3, -0.25) is 5.41 Å².